The zero-order chi connectivity index (χ0) is 47.3. The summed E-state index contributed by atoms with van der Waals surface area (Å²) in [5, 5.41) is 9.45. The van der Waals surface area contributed by atoms with Crippen LogP contribution >= 0.6 is 0 Å². The lowest BCUT2D eigenvalue weighted by Gasteiger charge is -2.45. The van der Waals surface area contributed by atoms with Gasteiger partial charge in [0, 0.05) is 13.5 Å². The van der Waals surface area contributed by atoms with Crippen LogP contribution in [0, 0.1) is 0 Å². The molecule has 0 aromatic rings. The molecule has 0 aliphatic carbocycles. The van der Waals surface area contributed by atoms with Gasteiger partial charge in [-0.2, -0.15) is 79.0 Å². The fourth-order valence-electron chi connectivity index (χ4n) is 4.16. The van der Waals surface area contributed by atoms with Crippen LogP contribution in [0.4, 0.5) is 83.4 Å². The molecule has 0 rings (SSSR count). The minimum absolute atomic E-state index is 0.0648. The predicted molar refractivity (Wildman–Crippen MR) is 166 cm³/mol. The number of rotatable bonds is 37. The molecule has 0 radical (unpaired) electrons. The molecule has 0 fully saturated rings. The molecule has 0 aromatic carbocycles. The Kier molecular flexibility index (Phi) is 25.5. The van der Waals surface area contributed by atoms with Crippen LogP contribution in [0.5, 0.6) is 0 Å². The highest BCUT2D eigenvalue weighted by atomic mass is 19.4. The fourth-order valence-corrected chi connectivity index (χ4v) is 4.16. The van der Waals surface area contributed by atoms with Crippen LogP contribution in [0.25, 0.3) is 0 Å². The summed E-state index contributed by atoms with van der Waals surface area (Å²) < 4.78 is 307. The van der Waals surface area contributed by atoms with Crippen molar-refractivity contribution in [3.63, 3.8) is 0 Å². The number of aliphatic hydroxyl groups is 1. The van der Waals surface area contributed by atoms with Crippen molar-refractivity contribution in [3.05, 3.63) is 0 Å². The summed E-state index contributed by atoms with van der Waals surface area (Å²) in [4.78, 5) is 0. The third kappa shape index (κ3) is 16.6. The first-order valence-electron chi connectivity index (χ1n) is 17.4. The molecule has 0 bridgehead atoms. The SMILES string of the molecule is COCCOCCOCCOCCOCCOCCOCCOCCOCCOCC(O)CC(F)(F)C(F)(F)C(F)(F)C(F)(F)C(F)(F)C(F)(F)C(F)(C(F)(F)F)C(F)(F)F. The smallest absolute Gasteiger partial charge is 0.390 e. The number of halogens is 19. The summed E-state index contributed by atoms with van der Waals surface area (Å²) in [5.41, 5.74) is -8.81. The molecule has 0 saturated carbocycles. The highest BCUT2D eigenvalue weighted by Crippen LogP contribution is 2.66. The Morgan fingerprint density at radius 1 is 0.328 bits per heavy atom. The van der Waals surface area contributed by atoms with Gasteiger partial charge in [0.15, 0.2) is 0 Å². The van der Waals surface area contributed by atoms with E-state index in [0.29, 0.717) is 59.5 Å². The molecule has 0 aliphatic rings. The number of aliphatic hydroxyl groups excluding tert-OH is 1. The Morgan fingerprint density at radius 2 is 0.557 bits per heavy atom. The second kappa shape index (κ2) is 26.3. The first kappa shape index (κ1) is 59.2. The number of ether oxygens (including phenoxy) is 10. The van der Waals surface area contributed by atoms with E-state index in [1.165, 1.54) is 0 Å². The summed E-state index contributed by atoms with van der Waals surface area (Å²) in [7, 11) is 1.57. The van der Waals surface area contributed by atoms with Gasteiger partial charge < -0.3 is 52.5 Å². The van der Waals surface area contributed by atoms with E-state index >= 15 is 0 Å². The van der Waals surface area contributed by atoms with Crippen molar-refractivity contribution in [2.45, 2.75) is 66.1 Å². The van der Waals surface area contributed by atoms with Crippen LogP contribution in [-0.4, -0.2) is 197 Å². The average Bonchev–Trinajstić information content (AvgIpc) is 3.13. The van der Waals surface area contributed by atoms with E-state index in [9.17, 15) is 88.5 Å². The van der Waals surface area contributed by atoms with Gasteiger partial charge in [-0.15, -0.1) is 0 Å². The molecule has 0 spiro atoms. The van der Waals surface area contributed by atoms with Crippen molar-refractivity contribution in [1.29, 1.82) is 0 Å². The summed E-state index contributed by atoms with van der Waals surface area (Å²) in [6.45, 7) is 1.70. The van der Waals surface area contributed by atoms with Crippen LogP contribution in [0.1, 0.15) is 6.42 Å². The molecule has 0 aliphatic heterocycles. The minimum Gasteiger partial charge on any atom is -0.390 e. The standard InChI is InChI=1S/C31H45F19O11/c1-52-2-3-53-4-5-54-6-7-55-8-9-56-10-11-57-12-13-58-14-15-59-16-17-60-18-19-61-21-22(51)20-23(32,33)25(35,36)27(39,40)29(43,44)28(41,42)26(37,38)24(34,30(45,46)47)31(48,49)50/h22,51H,2-21H2,1H3. The molecular weight excluding hydrogens is 909 g/mol. The fraction of sp³-hybridized carbons (Fsp3) is 1.00. The van der Waals surface area contributed by atoms with E-state index in [2.05, 4.69) is 4.74 Å². The maximum absolute atomic E-state index is 14.1. The van der Waals surface area contributed by atoms with Gasteiger partial charge in [-0.05, 0) is 0 Å². The van der Waals surface area contributed by atoms with Gasteiger partial charge in [0.05, 0.1) is 132 Å². The number of alkyl halides is 19. The highest BCUT2D eigenvalue weighted by Gasteiger charge is 2.98. The maximum atomic E-state index is 14.1. The highest BCUT2D eigenvalue weighted by molar-refractivity contribution is 5.19. The third-order valence-corrected chi connectivity index (χ3v) is 7.46. The monoisotopic (exact) mass is 954 g/mol. The lowest BCUT2D eigenvalue weighted by atomic mass is 9.83. The van der Waals surface area contributed by atoms with E-state index in [0.717, 1.165) is 0 Å². The minimum atomic E-state index is -9.11. The number of methoxy groups -OCH3 is 1. The molecule has 1 N–H and O–H groups in total. The van der Waals surface area contributed by atoms with Crippen LogP contribution in [0.2, 0.25) is 0 Å². The molecule has 11 nitrogen and oxygen atoms in total. The van der Waals surface area contributed by atoms with Gasteiger partial charge >= 0.3 is 53.6 Å². The second-order valence-electron chi connectivity index (χ2n) is 12.1. The number of hydrogen-bond acceptors (Lipinski definition) is 11. The largest absolute Gasteiger partial charge is 0.438 e. The Labute approximate surface area is 335 Å². The zero-order valence-electron chi connectivity index (χ0n) is 31.9. The van der Waals surface area contributed by atoms with Gasteiger partial charge in [-0.3, -0.25) is 0 Å². The molecule has 0 heterocycles. The molecule has 1 unspecified atom stereocenters. The third-order valence-electron chi connectivity index (χ3n) is 7.46. The van der Waals surface area contributed by atoms with E-state index in [4.69, 9.17) is 42.6 Å². The molecule has 1 atom stereocenters. The molecule has 61 heavy (non-hydrogen) atoms. The predicted octanol–water partition coefficient (Wildman–Crippen LogP) is 6.18. The maximum Gasteiger partial charge on any atom is 0.438 e. The van der Waals surface area contributed by atoms with E-state index in [-0.39, 0.29) is 46.2 Å². The Balaban J connectivity index is 4.38. The molecular formula is C31H45F19O11. The van der Waals surface area contributed by atoms with Crippen LogP contribution in [0.3, 0.4) is 0 Å². The van der Waals surface area contributed by atoms with Crippen molar-refractivity contribution < 1.29 is 136 Å². The molecule has 0 amide bonds. The second-order valence-corrected chi connectivity index (χ2v) is 12.1. The summed E-state index contributed by atoms with van der Waals surface area (Å²) in [6.07, 6.45) is -22.9. The van der Waals surface area contributed by atoms with Gasteiger partial charge in [0.25, 0.3) is 0 Å². The lowest BCUT2D eigenvalue weighted by molar-refractivity contribution is -0.472. The Morgan fingerprint density at radius 3 is 0.820 bits per heavy atom. The van der Waals surface area contributed by atoms with Gasteiger partial charge in [0.1, 0.15) is 0 Å². The summed E-state index contributed by atoms with van der Waals surface area (Å²) in [5.74, 6) is -50.7. The Bertz CT molecular complexity index is 1150. The van der Waals surface area contributed by atoms with Crippen molar-refractivity contribution in [2.75, 3.05) is 133 Å². The van der Waals surface area contributed by atoms with E-state index < -0.39 is 85.9 Å². The molecule has 30 heteroatoms. The molecule has 0 saturated heterocycles. The van der Waals surface area contributed by atoms with Gasteiger partial charge in [-0.25, -0.2) is 4.39 Å². The van der Waals surface area contributed by atoms with Crippen molar-refractivity contribution in [2.24, 2.45) is 0 Å². The average molecular weight is 955 g/mol. The van der Waals surface area contributed by atoms with Crippen molar-refractivity contribution in [3.8, 4) is 0 Å². The van der Waals surface area contributed by atoms with Gasteiger partial charge in [0.2, 0.25) is 0 Å². The van der Waals surface area contributed by atoms with Crippen molar-refractivity contribution >= 4 is 0 Å². The van der Waals surface area contributed by atoms with Gasteiger partial charge in [-0.1, -0.05) is 0 Å². The van der Waals surface area contributed by atoms with E-state index in [1.54, 1.807) is 7.11 Å². The zero-order valence-corrected chi connectivity index (χ0v) is 31.9. The lowest BCUT2D eigenvalue weighted by Crippen LogP contribution is -2.77. The van der Waals surface area contributed by atoms with E-state index in [1.807, 2.05) is 0 Å². The van der Waals surface area contributed by atoms with Crippen LogP contribution in [0.15, 0.2) is 0 Å². The molecule has 0 aromatic heterocycles. The summed E-state index contributed by atoms with van der Waals surface area (Å²) in [6, 6.07) is 0. The first-order chi connectivity index (χ1) is 28.0. The summed E-state index contributed by atoms with van der Waals surface area (Å²) >= 11 is 0. The van der Waals surface area contributed by atoms with Crippen molar-refractivity contribution in [1.82, 2.24) is 0 Å². The molecule has 368 valence electrons. The first-order valence-corrected chi connectivity index (χ1v) is 17.4. The topological polar surface area (TPSA) is 113 Å². The normalized spacial score (nSPS) is 14.9. The van der Waals surface area contributed by atoms with Crippen LogP contribution < -0.4 is 0 Å². The Hall–Kier alpha value is -1.77. The quantitative estimate of drug-likeness (QED) is 0.0570. The number of hydrogen-bond donors (Lipinski definition) is 1. The van der Waals surface area contributed by atoms with Crippen LogP contribution in [-0.2, 0) is 47.4 Å².